The first kappa shape index (κ1) is 26.0. The summed E-state index contributed by atoms with van der Waals surface area (Å²) in [4.78, 5) is 20.0. The van der Waals surface area contributed by atoms with Gasteiger partial charge in [0.05, 0.1) is 0 Å². The molecule has 3 heterocycles. The Labute approximate surface area is 184 Å². The molecule has 0 aromatic rings. The molecule has 3 aliphatic heterocycles. The summed E-state index contributed by atoms with van der Waals surface area (Å²) in [6.45, 7) is 15.5. The van der Waals surface area contributed by atoms with Crippen molar-refractivity contribution in [2.24, 2.45) is 11.8 Å². The zero-order chi connectivity index (χ0) is 18.5. The zero-order valence-corrected chi connectivity index (χ0v) is 19.7. The van der Waals surface area contributed by atoms with Gasteiger partial charge in [0.25, 0.3) is 0 Å². The maximum atomic E-state index is 12.7. The van der Waals surface area contributed by atoms with Gasteiger partial charge in [0.2, 0.25) is 5.91 Å². The SMILES string of the molecule is CC(CC(=O)N1CCN(CCN2C(C)CCC2C)CC1)C1CCCNC1.Cl.Cl. The topological polar surface area (TPSA) is 38.8 Å². The van der Waals surface area contributed by atoms with Crippen LogP contribution in [0.5, 0.6) is 0 Å². The Kier molecular flexibility index (Phi) is 11.7. The first-order valence-corrected chi connectivity index (χ1v) is 11.0. The van der Waals surface area contributed by atoms with Crippen LogP contribution in [0.4, 0.5) is 0 Å². The summed E-state index contributed by atoms with van der Waals surface area (Å²) in [5, 5.41) is 3.48. The second-order valence-electron chi connectivity index (χ2n) is 9.02. The van der Waals surface area contributed by atoms with Crippen molar-refractivity contribution in [3.63, 3.8) is 0 Å². The Hall–Kier alpha value is -0.0700. The quantitative estimate of drug-likeness (QED) is 0.694. The molecule has 7 heteroatoms. The largest absolute Gasteiger partial charge is 0.340 e. The van der Waals surface area contributed by atoms with Crippen molar-refractivity contribution in [1.82, 2.24) is 20.0 Å². The Morgan fingerprint density at radius 3 is 2.21 bits per heavy atom. The van der Waals surface area contributed by atoms with Gasteiger partial charge < -0.3 is 10.2 Å². The summed E-state index contributed by atoms with van der Waals surface area (Å²) in [6.07, 6.45) is 5.96. The molecule has 4 atom stereocenters. The van der Waals surface area contributed by atoms with E-state index in [1.165, 1.54) is 32.2 Å². The fourth-order valence-corrected chi connectivity index (χ4v) is 5.10. The number of hydrogen-bond donors (Lipinski definition) is 1. The van der Waals surface area contributed by atoms with E-state index in [1.54, 1.807) is 0 Å². The molecule has 28 heavy (non-hydrogen) atoms. The van der Waals surface area contributed by atoms with Crippen LogP contribution in [-0.4, -0.2) is 85.0 Å². The van der Waals surface area contributed by atoms with Gasteiger partial charge in [0.1, 0.15) is 0 Å². The molecule has 1 amide bonds. The number of amides is 1. The van der Waals surface area contributed by atoms with Crippen LogP contribution in [0.1, 0.15) is 52.9 Å². The third-order valence-electron chi connectivity index (χ3n) is 7.17. The average molecular weight is 438 g/mol. The number of piperazine rings is 1. The molecule has 0 spiro atoms. The van der Waals surface area contributed by atoms with E-state index in [0.29, 0.717) is 17.7 Å². The Morgan fingerprint density at radius 1 is 1.00 bits per heavy atom. The van der Waals surface area contributed by atoms with Gasteiger partial charge in [-0.1, -0.05) is 6.92 Å². The number of piperidine rings is 1. The van der Waals surface area contributed by atoms with E-state index in [-0.39, 0.29) is 24.8 Å². The molecule has 3 fully saturated rings. The van der Waals surface area contributed by atoms with Gasteiger partial charge in [-0.05, 0) is 64.5 Å². The lowest BCUT2D eigenvalue weighted by Crippen LogP contribution is -2.51. The van der Waals surface area contributed by atoms with Crippen LogP contribution in [0.3, 0.4) is 0 Å². The first-order chi connectivity index (χ1) is 12.5. The lowest BCUT2D eigenvalue weighted by molar-refractivity contribution is -0.134. The monoisotopic (exact) mass is 436 g/mol. The van der Waals surface area contributed by atoms with Crippen molar-refractivity contribution < 1.29 is 4.79 Å². The third kappa shape index (κ3) is 7.02. The molecule has 0 radical (unpaired) electrons. The average Bonchev–Trinajstić information content (AvgIpc) is 2.99. The number of carbonyl (C=O) groups excluding carboxylic acids is 1. The highest BCUT2D eigenvalue weighted by molar-refractivity contribution is 5.85. The Morgan fingerprint density at radius 2 is 1.64 bits per heavy atom. The normalized spacial score (nSPS) is 30.4. The van der Waals surface area contributed by atoms with Gasteiger partial charge in [-0.25, -0.2) is 0 Å². The van der Waals surface area contributed by atoms with Gasteiger partial charge in [-0.2, -0.15) is 0 Å². The number of halogens is 2. The number of rotatable bonds is 6. The predicted molar refractivity (Wildman–Crippen MR) is 122 cm³/mol. The van der Waals surface area contributed by atoms with Crippen molar-refractivity contribution >= 4 is 30.7 Å². The van der Waals surface area contributed by atoms with E-state index in [9.17, 15) is 4.79 Å². The van der Waals surface area contributed by atoms with E-state index in [2.05, 4.69) is 40.8 Å². The molecule has 1 N–H and O–H groups in total. The minimum absolute atomic E-state index is 0. The summed E-state index contributed by atoms with van der Waals surface area (Å²) in [5.41, 5.74) is 0. The van der Waals surface area contributed by atoms with Crippen molar-refractivity contribution in [2.45, 2.75) is 65.0 Å². The van der Waals surface area contributed by atoms with Crippen LogP contribution >= 0.6 is 24.8 Å². The van der Waals surface area contributed by atoms with Gasteiger partial charge in [-0.15, -0.1) is 24.8 Å². The molecule has 3 saturated heterocycles. The predicted octanol–water partition coefficient (Wildman–Crippen LogP) is 2.87. The van der Waals surface area contributed by atoms with Gasteiger partial charge in [-0.3, -0.25) is 14.6 Å². The van der Waals surface area contributed by atoms with Crippen LogP contribution in [0, 0.1) is 11.8 Å². The minimum atomic E-state index is 0. The van der Waals surface area contributed by atoms with Crippen LogP contribution in [-0.2, 0) is 4.79 Å². The summed E-state index contributed by atoms with van der Waals surface area (Å²) in [5.74, 6) is 1.56. The van der Waals surface area contributed by atoms with Gasteiger partial charge in [0, 0.05) is 57.8 Å². The smallest absolute Gasteiger partial charge is 0.222 e. The van der Waals surface area contributed by atoms with E-state index in [4.69, 9.17) is 0 Å². The second kappa shape index (κ2) is 12.6. The van der Waals surface area contributed by atoms with Gasteiger partial charge in [0.15, 0.2) is 0 Å². The number of nitrogens with zero attached hydrogens (tertiary/aromatic N) is 3. The lowest BCUT2D eigenvalue weighted by Gasteiger charge is -2.37. The third-order valence-corrected chi connectivity index (χ3v) is 7.17. The molecule has 0 aromatic heterocycles. The number of nitrogens with one attached hydrogen (secondary N) is 1. The lowest BCUT2D eigenvalue weighted by atomic mass is 9.85. The summed E-state index contributed by atoms with van der Waals surface area (Å²) in [6, 6.07) is 1.48. The Bertz CT molecular complexity index is 444. The standard InChI is InChI=1S/C21H40N4O.2ClH/c1-17(20-5-4-8-22-16-20)15-21(26)24-12-9-23(10-13-24)11-14-25-18(2)6-7-19(25)3;;/h17-20,22H,4-16H2,1-3H3;2*1H. The molecule has 4 unspecified atom stereocenters. The summed E-state index contributed by atoms with van der Waals surface area (Å²) in [7, 11) is 0. The van der Waals surface area contributed by atoms with Gasteiger partial charge >= 0.3 is 0 Å². The summed E-state index contributed by atoms with van der Waals surface area (Å²) >= 11 is 0. The van der Waals surface area contributed by atoms with Crippen LogP contribution in [0.15, 0.2) is 0 Å². The van der Waals surface area contributed by atoms with Crippen molar-refractivity contribution in [3.8, 4) is 0 Å². The highest BCUT2D eigenvalue weighted by atomic mass is 35.5. The molecule has 0 bridgehead atoms. The van der Waals surface area contributed by atoms with Crippen LogP contribution in [0.2, 0.25) is 0 Å². The number of carbonyl (C=O) groups is 1. The van der Waals surface area contributed by atoms with E-state index in [1.807, 2.05) is 0 Å². The zero-order valence-electron chi connectivity index (χ0n) is 18.1. The fourth-order valence-electron chi connectivity index (χ4n) is 5.10. The fraction of sp³-hybridized carbons (Fsp3) is 0.952. The second-order valence-corrected chi connectivity index (χ2v) is 9.02. The molecule has 0 aliphatic carbocycles. The maximum absolute atomic E-state index is 12.7. The molecule has 0 saturated carbocycles. The highest BCUT2D eigenvalue weighted by Gasteiger charge is 2.29. The van der Waals surface area contributed by atoms with Crippen molar-refractivity contribution in [2.75, 3.05) is 52.4 Å². The minimum Gasteiger partial charge on any atom is -0.340 e. The molecule has 5 nitrogen and oxygen atoms in total. The molecule has 0 aromatic carbocycles. The molecule has 3 aliphatic rings. The van der Waals surface area contributed by atoms with E-state index >= 15 is 0 Å². The van der Waals surface area contributed by atoms with E-state index in [0.717, 1.165) is 64.3 Å². The first-order valence-electron chi connectivity index (χ1n) is 11.0. The molecule has 166 valence electrons. The number of likely N-dealkylation sites (tertiary alicyclic amines) is 1. The van der Waals surface area contributed by atoms with E-state index < -0.39 is 0 Å². The van der Waals surface area contributed by atoms with Crippen molar-refractivity contribution in [1.29, 1.82) is 0 Å². The molecular formula is C21H42Cl2N4O. The van der Waals surface area contributed by atoms with Crippen molar-refractivity contribution in [3.05, 3.63) is 0 Å². The highest BCUT2D eigenvalue weighted by Crippen LogP contribution is 2.24. The number of hydrogen-bond acceptors (Lipinski definition) is 4. The van der Waals surface area contributed by atoms with Crippen LogP contribution < -0.4 is 5.32 Å². The molecular weight excluding hydrogens is 395 g/mol. The summed E-state index contributed by atoms with van der Waals surface area (Å²) < 4.78 is 0. The molecule has 3 rings (SSSR count). The maximum Gasteiger partial charge on any atom is 0.222 e. The Balaban J connectivity index is 0.00000196. The van der Waals surface area contributed by atoms with Crippen LogP contribution in [0.25, 0.3) is 0 Å².